The summed E-state index contributed by atoms with van der Waals surface area (Å²) in [7, 11) is 0. The minimum absolute atomic E-state index is 0.344. The molecule has 0 saturated heterocycles. The molecule has 5 nitrogen and oxygen atoms in total. The van der Waals surface area contributed by atoms with Gasteiger partial charge in [-0.3, -0.25) is 10.1 Å². The fourth-order valence-corrected chi connectivity index (χ4v) is 3.06. The van der Waals surface area contributed by atoms with E-state index in [9.17, 15) is 9.18 Å². The Kier molecular flexibility index (Phi) is 4.63. The van der Waals surface area contributed by atoms with Crippen LogP contribution in [0.25, 0.3) is 10.7 Å². The van der Waals surface area contributed by atoms with Gasteiger partial charge >= 0.3 is 0 Å². The van der Waals surface area contributed by atoms with E-state index in [1.54, 1.807) is 6.92 Å². The molecule has 1 N–H and O–H groups in total. The van der Waals surface area contributed by atoms with E-state index in [0.29, 0.717) is 16.7 Å². The van der Waals surface area contributed by atoms with Crippen LogP contribution >= 0.6 is 22.9 Å². The van der Waals surface area contributed by atoms with Gasteiger partial charge in [0.1, 0.15) is 11.6 Å². The first-order chi connectivity index (χ1) is 11.1. The minimum Gasteiger partial charge on any atom is -0.481 e. The molecule has 23 heavy (non-hydrogen) atoms. The van der Waals surface area contributed by atoms with Gasteiger partial charge in [-0.05, 0) is 42.6 Å². The van der Waals surface area contributed by atoms with Crippen molar-refractivity contribution in [3.05, 3.63) is 47.6 Å². The van der Waals surface area contributed by atoms with E-state index >= 15 is 0 Å². The average molecular weight is 349 g/mol. The first-order valence-corrected chi connectivity index (χ1v) is 8.38. The Bertz CT molecular complexity index is 787. The standard InChI is InChI=1S/C15H12FN3O2S2/c1-9(21-11-6-4-10(16)5-7-11)14(20)18-15-17-13(19-23-15)12-3-2-8-22-12/h2-9H,1H3,(H,17,18,19,20)/t9-/m1/s1. The minimum atomic E-state index is -0.741. The zero-order valence-corrected chi connectivity index (χ0v) is 13.7. The number of thiophene rings is 1. The van der Waals surface area contributed by atoms with Crippen molar-refractivity contribution in [3.63, 3.8) is 0 Å². The van der Waals surface area contributed by atoms with Crippen LogP contribution in [0.3, 0.4) is 0 Å². The SMILES string of the molecule is C[C@@H](Oc1ccc(F)cc1)C(=O)Nc1nc(-c2cccs2)ns1. The number of amides is 1. The molecule has 118 valence electrons. The molecule has 0 aliphatic rings. The predicted octanol–water partition coefficient (Wildman–Crippen LogP) is 3.81. The summed E-state index contributed by atoms with van der Waals surface area (Å²) in [5, 5.41) is 5.02. The van der Waals surface area contributed by atoms with Crippen molar-refractivity contribution in [2.24, 2.45) is 0 Å². The second kappa shape index (κ2) is 6.84. The summed E-state index contributed by atoms with van der Waals surface area (Å²) in [6, 6.07) is 9.32. The van der Waals surface area contributed by atoms with Crippen molar-refractivity contribution >= 4 is 33.9 Å². The lowest BCUT2D eigenvalue weighted by Gasteiger charge is -2.13. The summed E-state index contributed by atoms with van der Waals surface area (Å²) in [4.78, 5) is 17.3. The zero-order chi connectivity index (χ0) is 16.2. The quantitative estimate of drug-likeness (QED) is 0.761. The van der Waals surface area contributed by atoms with Gasteiger partial charge in [0.2, 0.25) is 5.13 Å². The highest BCUT2D eigenvalue weighted by atomic mass is 32.1. The van der Waals surface area contributed by atoms with Crippen LogP contribution in [0.15, 0.2) is 41.8 Å². The Morgan fingerprint density at radius 3 is 2.78 bits per heavy atom. The predicted molar refractivity (Wildman–Crippen MR) is 88.3 cm³/mol. The number of hydrogen-bond acceptors (Lipinski definition) is 6. The highest BCUT2D eigenvalue weighted by Crippen LogP contribution is 2.25. The number of nitrogens with zero attached hydrogens (tertiary/aromatic N) is 2. The van der Waals surface area contributed by atoms with Crippen LogP contribution in [0, 0.1) is 5.82 Å². The van der Waals surface area contributed by atoms with Gasteiger partial charge in [-0.25, -0.2) is 4.39 Å². The van der Waals surface area contributed by atoms with Crippen molar-refractivity contribution in [1.82, 2.24) is 9.36 Å². The number of nitrogens with one attached hydrogen (secondary N) is 1. The van der Waals surface area contributed by atoms with Crippen LogP contribution < -0.4 is 10.1 Å². The van der Waals surface area contributed by atoms with E-state index in [4.69, 9.17) is 4.74 Å². The third-order valence-corrected chi connectivity index (χ3v) is 4.39. The highest BCUT2D eigenvalue weighted by Gasteiger charge is 2.17. The lowest BCUT2D eigenvalue weighted by molar-refractivity contribution is -0.122. The molecule has 0 aliphatic heterocycles. The van der Waals surface area contributed by atoms with E-state index in [1.807, 2.05) is 17.5 Å². The second-order valence-electron chi connectivity index (χ2n) is 4.60. The number of aromatic nitrogens is 2. The normalized spacial score (nSPS) is 11.9. The lowest BCUT2D eigenvalue weighted by atomic mass is 10.3. The molecule has 0 radical (unpaired) electrons. The van der Waals surface area contributed by atoms with Gasteiger partial charge in [0.15, 0.2) is 11.9 Å². The van der Waals surface area contributed by atoms with Crippen LogP contribution in [0.2, 0.25) is 0 Å². The topological polar surface area (TPSA) is 64.1 Å². The summed E-state index contributed by atoms with van der Waals surface area (Å²) in [6.07, 6.45) is -0.741. The molecule has 0 spiro atoms. The van der Waals surface area contributed by atoms with E-state index in [-0.39, 0.29) is 11.7 Å². The molecular formula is C15H12FN3O2S2. The number of hydrogen-bond donors (Lipinski definition) is 1. The summed E-state index contributed by atoms with van der Waals surface area (Å²) in [5.74, 6) is 0.311. The largest absolute Gasteiger partial charge is 0.481 e. The molecule has 2 heterocycles. The molecule has 0 saturated carbocycles. The molecule has 1 aromatic carbocycles. The summed E-state index contributed by atoms with van der Waals surface area (Å²) < 4.78 is 22.5. The van der Waals surface area contributed by atoms with Gasteiger partial charge in [-0.1, -0.05) is 6.07 Å². The molecule has 0 aliphatic carbocycles. The molecule has 2 aromatic heterocycles. The number of rotatable bonds is 5. The molecule has 1 atom stereocenters. The molecule has 3 rings (SSSR count). The number of ether oxygens (including phenoxy) is 1. The first-order valence-electron chi connectivity index (χ1n) is 6.72. The fourth-order valence-electron chi connectivity index (χ4n) is 1.76. The molecular weight excluding hydrogens is 337 g/mol. The van der Waals surface area contributed by atoms with Crippen molar-refractivity contribution < 1.29 is 13.9 Å². The van der Waals surface area contributed by atoms with E-state index in [2.05, 4.69) is 14.7 Å². The number of halogens is 1. The Balaban J connectivity index is 1.61. The van der Waals surface area contributed by atoms with Gasteiger partial charge in [-0.15, -0.1) is 11.3 Å². The maximum absolute atomic E-state index is 12.8. The van der Waals surface area contributed by atoms with Crippen LogP contribution in [-0.4, -0.2) is 21.4 Å². The Hall–Kier alpha value is -2.32. The van der Waals surface area contributed by atoms with E-state index < -0.39 is 6.10 Å². The molecule has 1 amide bonds. The first kappa shape index (κ1) is 15.6. The Morgan fingerprint density at radius 1 is 1.30 bits per heavy atom. The fraction of sp³-hybridized carbons (Fsp3) is 0.133. The highest BCUT2D eigenvalue weighted by molar-refractivity contribution is 7.14. The monoisotopic (exact) mass is 349 g/mol. The lowest BCUT2D eigenvalue weighted by Crippen LogP contribution is -2.30. The van der Waals surface area contributed by atoms with Gasteiger partial charge in [-0.2, -0.15) is 9.36 Å². The van der Waals surface area contributed by atoms with Gasteiger partial charge in [0.05, 0.1) is 4.88 Å². The van der Waals surface area contributed by atoms with E-state index in [0.717, 1.165) is 16.4 Å². The van der Waals surface area contributed by atoms with Crippen LogP contribution in [-0.2, 0) is 4.79 Å². The van der Waals surface area contributed by atoms with Crippen molar-refractivity contribution in [1.29, 1.82) is 0 Å². The second-order valence-corrected chi connectivity index (χ2v) is 6.30. The van der Waals surface area contributed by atoms with Gasteiger partial charge < -0.3 is 4.74 Å². The summed E-state index contributed by atoms with van der Waals surface area (Å²) >= 11 is 2.64. The molecule has 0 fully saturated rings. The summed E-state index contributed by atoms with van der Waals surface area (Å²) in [5.41, 5.74) is 0. The smallest absolute Gasteiger partial charge is 0.266 e. The van der Waals surface area contributed by atoms with Crippen LogP contribution in [0.1, 0.15) is 6.92 Å². The van der Waals surface area contributed by atoms with Crippen molar-refractivity contribution in [2.45, 2.75) is 13.0 Å². The van der Waals surface area contributed by atoms with E-state index in [1.165, 1.54) is 35.6 Å². The third-order valence-electron chi connectivity index (χ3n) is 2.89. The van der Waals surface area contributed by atoms with Crippen molar-refractivity contribution in [3.8, 4) is 16.5 Å². The third kappa shape index (κ3) is 3.91. The van der Waals surface area contributed by atoms with Crippen LogP contribution in [0.5, 0.6) is 5.75 Å². The number of benzene rings is 1. The number of anilines is 1. The van der Waals surface area contributed by atoms with Crippen LogP contribution in [0.4, 0.5) is 9.52 Å². The Morgan fingerprint density at radius 2 is 2.09 bits per heavy atom. The molecule has 0 unspecified atom stereocenters. The zero-order valence-electron chi connectivity index (χ0n) is 12.0. The molecule has 0 bridgehead atoms. The maximum Gasteiger partial charge on any atom is 0.266 e. The number of carbonyl (C=O) groups excluding carboxylic acids is 1. The Labute approximate surface area is 139 Å². The average Bonchev–Trinajstić information content (AvgIpc) is 3.20. The summed E-state index contributed by atoms with van der Waals surface area (Å²) in [6.45, 7) is 1.61. The van der Waals surface area contributed by atoms with Gasteiger partial charge in [0.25, 0.3) is 5.91 Å². The maximum atomic E-state index is 12.8. The molecule has 8 heteroatoms. The molecule has 3 aromatic rings. The van der Waals surface area contributed by atoms with Crippen molar-refractivity contribution in [2.75, 3.05) is 5.32 Å². The van der Waals surface area contributed by atoms with Gasteiger partial charge in [0, 0.05) is 11.5 Å². The number of carbonyl (C=O) groups is 1.